The molecule has 1 aliphatic carbocycles. The Labute approximate surface area is 148 Å². The van der Waals surface area contributed by atoms with Crippen LogP contribution in [0.4, 0.5) is 5.82 Å². The number of anilines is 1. The first-order valence-electron chi connectivity index (χ1n) is 8.04. The minimum atomic E-state index is 0.0757. The number of halogens is 1. The molecule has 0 aliphatic heterocycles. The van der Waals surface area contributed by atoms with Gasteiger partial charge in [-0.1, -0.05) is 11.6 Å². The van der Waals surface area contributed by atoms with Gasteiger partial charge in [-0.3, -0.25) is 0 Å². The Hall–Kier alpha value is -2.39. The minimum absolute atomic E-state index is 0.0757. The summed E-state index contributed by atoms with van der Waals surface area (Å²) < 4.78 is 12.7. The summed E-state index contributed by atoms with van der Waals surface area (Å²) in [5, 5.41) is 7.74. The van der Waals surface area contributed by atoms with Crippen LogP contribution in [0.3, 0.4) is 0 Å². The monoisotopic (exact) mass is 363 g/mol. The van der Waals surface area contributed by atoms with E-state index in [2.05, 4.69) is 20.3 Å². The number of nitrogen functional groups attached to an aromatic ring is 1. The van der Waals surface area contributed by atoms with E-state index in [0.29, 0.717) is 42.5 Å². The van der Waals surface area contributed by atoms with Crippen LogP contribution in [0.1, 0.15) is 19.8 Å². The zero-order valence-corrected chi connectivity index (χ0v) is 14.5. The number of rotatable bonds is 6. The average molecular weight is 364 g/mol. The fourth-order valence-electron chi connectivity index (χ4n) is 2.84. The van der Waals surface area contributed by atoms with Crippen LogP contribution in [-0.4, -0.2) is 38.0 Å². The van der Waals surface area contributed by atoms with Gasteiger partial charge in [0.25, 0.3) is 0 Å². The Bertz CT molecular complexity index is 931. The number of pyridine rings is 1. The van der Waals surface area contributed by atoms with Gasteiger partial charge in [-0.2, -0.15) is 0 Å². The maximum absolute atomic E-state index is 6.25. The molecular formula is C15H18ClN7O2. The smallest absolute Gasteiger partial charge is 0.199 e. The molecule has 0 bridgehead atoms. The molecule has 0 unspecified atom stereocenters. The van der Waals surface area contributed by atoms with Gasteiger partial charge in [0, 0.05) is 18.5 Å². The topological polar surface area (TPSA) is 131 Å². The van der Waals surface area contributed by atoms with Crippen LogP contribution in [0.5, 0.6) is 5.75 Å². The van der Waals surface area contributed by atoms with Crippen molar-refractivity contribution in [1.29, 1.82) is 0 Å². The summed E-state index contributed by atoms with van der Waals surface area (Å²) in [6, 6.07) is 0. The lowest BCUT2D eigenvalue weighted by atomic mass is 10.1. The second-order valence-electron chi connectivity index (χ2n) is 6.28. The van der Waals surface area contributed by atoms with Gasteiger partial charge in [0.05, 0.1) is 12.8 Å². The summed E-state index contributed by atoms with van der Waals surface area (Å²) >= 11 is 6.25. The van der Waals surface area contributed by atoms with Gasteiger partial charge in [-0.05, 0) is 30.1 Å². The second kappa shape index (κ2) is 5.85. The fourth-order valence-corrected chi connectivity index (χ4v) is 3.02. The van der Waals surface area contributed by atoms with Gasteiger partial charge >= 0.3 is 0 Å². The van der Waals surface area contributed by atoms with E-state index < -0.39 is 0 Å². The van der Waals surface area contributed by atoms with E-state index in [4.69, 9.17) is 32.4 Å². The largest absolute Gasteiger partial charge is 0.489 e. The molecule has 1 fully saturated rings. The molecule has 1 saturated carbocycles. The number of nitrogens with zero attached hydrogens (tertiary/aromatic N) is 5. The number of ether oxygens (including phenoxy) is 1. The third-order valence-electron chi connectivity index (χ3n) is 4.66. The van der Waals surface area contributed by atoms with E-state index in [0.717, 1.165) is 18.4 Å². The summed E-state index contributed by atoms with van der Waals surface area (Å²) in [6.07, 6.45) is 3.76. The highest BCUT2D eigenvalue weighted by Gasteiger charge is 2.42. The van der Waals surface area contributed by atoms with Gasteiger partial charge in [-0.25, -0.2) is 14.6 Å². The van der Waals surface area contributed by atoms with E-state index in [1.54, 1.807) is 6.20 Å². The van der Waals surface area contributed by atoms with Crippen LogP contribution in [0.15, 0.2) is 10.8 Å². The SMILES string of the molecule is CCn1c(-c2nonc2N)nc2c(Cl)ncc(OCC3(CN)CC3)c21. The molecule has 0 saturated heterocycles. The van der Waals surface area contributed by atoms with Gasteiger partial charge in [0.2, 0.25) is 0 Å². The van der Waals surface area contributed by atoms with Crippen molar-refractivity contribution in [3.05, 3.63) is 11.3 Å². The van der Waals surface area contributed by atoms with Crippen LogP contribution in [0, 0.1) is 5.41 Å². The van der Waals surface area contributed by atoms with Crippen molar-refractivity contribution < 1.29 is 9.37 Å². The van der Waals surface area contributed by atoms with Crippen LogP contribution in [0.25, 0.3) is 22.6 Å². The Morgan fingerprint density at radius 3 is 2.80 bits per heavy atom. The average Bonchev–Trinajstić information content (AvgIpc) is 3.11. The lowest BCUT2D eigenvalue weighted by molar-refractivity contribution is 0.240. The van der Waals surface area contributed by atoms with E-state index in [1.807, 2.05) is 11.5 Å². The molecule has 132 valence electrons. The number of hydrogen-bond donors (Lipinski definition) is 2. The summed E-state index contributed by atoms with van der Waals surface area (Å²) in [6.45, 7) is 3.74. The van der Waals surface area contributed by atoms with E-state index in [1.165, 1.54) is 0 Å². The molecule has 4 N–H and O–H groups in total. The maximum atomic E-state index is 6.25. The van der Waals surface area contributed by atoms with Gasteiger partial charge in [0.1, 0.15) is 11.0 Å². The zero-order chi connectivity index (χ0) is 17.6. The van der Waals surface area contributed by atoms with Gasteiger partial charge in [0.15, 0.2) is 28.2 Å². The lowest BCUT2D eigenvalue weighted by Gasteiger charge is -2.15. The van der Waals surface area contributed by atoms with Crippen molar-refractivity contribution in [1.82, 2.24) is 24.8 Å². The second-order valence-corrected chi connectivity index (χ2v) is 6.64. The molecule has 1 aliphatic rings. The molecule has 3 heterocycles. The van der Waals surface area contributed by atoms with E-state index in [9.17, 15) is 0 Å². The third kappa shape index (κ3) is 2.59. The molecule has 10 heteroatoms. The first-order valence-corrected chi connectivity index (χ1v) is 8.42. The van der Waals surface area contributed by atoms with Crippen LogP contribution >= 0.6 is 11.6 Å². The van der Waals surface area contributed by atoms with Crippen molar-refractivity contribution >= 4 is 28.5 Å². The number of aryl methyl sites for hydroxylation is 1. The highest BCUT2D eigenvalue weighted by Crippen LogP contribution is 2.45. The molecule has 3 aromatic heterocycles. The summed E-state index contributed by atoms with van der Waals surface area (Å²) in [4.78, 5) is 8.74. The standard InChI is InChI=1S/C15H18ClN7O2/c1-2-23-11-8(24-7-15(6-17)3-4-15)5-19-12(16)9(11)20-14(23)10-13(18)22-25-21-10/h5H,2-4,6-7,17H2,1H3,(H2,18,22). The number of hydrogen-bond acceptors (Lipinski definition) is 8. The molecule has 3 aromatic rings. The number of nitrogens with two attached hydrogens (primary N) is 2. The highest BCUT2D eigenvalue weighted by molar-refractivity contribution is 6.34. The summed E-state index contributed by atoms with van der Waals surface area (Å²) in [5.41, 5.74) is 13.4. The summed E-state index contributed by atoms with van der Waals surface area (Å²) in [7, 11) is 0. The number of imidazole rings is 1. The predicted molar refractivity (Wildman–Crippen MR) is 92.1 cm³/mol. The molecule has 0 amide bonds. The number of aromatic nitrogens is 5. The van der Waals surface area contributed by atoms with E-state index >= 15 is 0 Å². The molecule has 4 rings (SSSR count). The molecule has 25 heavy (non-hydrogen) atoms. The molecule has 0 spiro atoms. The molecular weight excluding hydrogens is 346 g/mol. The van der Waals surface area contributed by atoms with E-state index in [-0.39, 0.29) is 16.4 Å². The Morgan fingerprint density at radius 1 is 1.40 bits per heavy atom. The maximum Gasteiger partial charge on any atom is 0.199 e. The van der Waals surface area contributed by atoms with Crippen molar-refractivity contribution in [3.63, 3.8) is 0 Å². The molecule has 0 aromatic carbocycles. The van der Waals surface area contributed by atoms with Gasteiger partial charge in [-0.15, -0.1) is 0 Å². The normalized spacial score (nSPS) is 15.6. The van der Waals surface area contributed by atoms with Crippen molar-refractivity contribution in [2.75, 3.05) is 18.9 Å². The van der Waals surface area contributed by atoms with Gasteiger partial charge < -0.3 is 20.8 Å². The minimum Gasteiger partial charge on any atom is -0.489 e. The number of fused-ring (bicyclic) bond motifs is 1. The Balaban J connectivity index is 1.83. The fraction of sp³-hybridized carbons (Fsp3) is 0.467. The van der Waals surface area contributed by atoms with Crippen molar-refractivity contribution in [3.8, 4) is 17.3 Å². The third-order valence-corrected chi connectivity index (χ3v) is 4.93. The first-order chi connectivity index (χ1) is 12.1. The Kier molecular flexibility index (Phi) is 3.77. The predicted octanol–water partition coefficient (Wildman–Crippen LogP) is 1.85. The van der Waals surface area contributed by atoms with Crippen molar-refractivity contribution in [2.45, 2.75) is 26.3 Å². The zero-order valence-electron chi connectivity index (χ0n) is 13.7. The van der Waals surface area contributed by atoms with Crippen molar-refractivity contribution in [2.24, 2.45) is 11.1 Å². The lowest BCUT2D eigenvalue weighted by Crippen LogP contribution is -2.23. The molecule has 0 radical (unpaired) electrons. The first kappa shape index (κ1) is 16.1. The quantitative estimate of drug-likeness (QED) is 0.634. The molecule has 9 nitrogen and oxygen atoms in total. The van der Waals surface area contributed by atoms with Crippen LogP contribution < -0.4 is 16.2 Å². The Morgan fingerprint density at radius 2 is 2.20 bits per heavy atom. The summed E-state index contributed by atoms with van der Waals surface area (Å²) in [5.74, 6) is 1.28. The molecule has 0 atom stereocenters. The van der Waals surface area contributed by atoms with Crippen LogP contribution in [0.2, 0.25) is 5.15 Å². The van der Waals surface area contributed by atoms with Crippen LogP contribution in [-0.2, 0) is 6.54 Å². The highest BCUT2D eigenvalue weighted by atomic mass is 35.5.